The molecule has 8 heteroatoms. The van der Waals surface area contributed by atoms with Gasteiger partial charge in [0.2, 0.25) is 0 Å². The van der Waals surface area contributed by atoms with Gasteiger partial charge in [-0.05, 0) is 79.7 Å². The maximum atomic E-state index is 13.5. The average Bonchev–Trinajstić information content (AvgIpc) is 3.19. The normalized spacial score (nSPS) is 13.0. The van der Waals surface area contributed by atoms with E-state index < -0.39 is 11.8 Å². The Morgan fingerprint density at radius 1 is 0.769 bits per heavy atom. The van der Waals surface area contributed by atoms with E-state index in [1.54, 1.807) is 79.9 Å². The third-order valence-electron chi connectivity index (χ3n) is 6.06. The summed E-state index contributed by atoms with van der Waals surface area (Å²) in [5, 5.41) is 6.03. The lowest BCUT2D eigenvalue weighted by atomic mass is 10.2. The lowest BCUT2D eigenvalue weighted by Crippen LogP contribution is -2.32. The van der Waals surface area contributed by atoms with Crippen LogP contribution >= 0.6 is 11.8 Å². The Bertz CT molecular complexity index is 1550. The highest BCUT2D eigenvalue weighted by molar-refractivity contribution is 8.04. The van der Waals surface area contributed by atoms with Crippen LogP contribution in [0.15, 0.2) is 119 Å². The number of hydrogen-bond donors (Lipinski definition) is 2. The number of carbonyl (C=O) groups excluding carboxylic acids is 3. The second-order valence-electron chi connectivity index (χ2n) is 8.79. The van der Waals surface area contributed by atoms with Gasteiger partial charge in [-0.15, -0.1) is 0 Å². The smallest absolute Gasteiger partial charge is 0.283 e. The van der Waals surface area contributed by atoms with Gasteiger partial charge in [0.25, 0.3) is 17.7 Å². The second kappa shape index (κ2) is 11.3. The van der Waals surface area contributed by atoms with E-state index in [4.69, 9.17) is 4.74 Å². The number of methoxy groups -OCH3 is 1. The van der Waals surface area contributed by atoms with Gasteiger partial charge < -0.3 is 15.4 Å². The zero-order valence-electron chi connectivity index (χ0n) is 21.3. The summed E-state index contributed by atoms with van der Waals surface area (Å²) < 4.78 is 5.14. The Kier molecular flexibility index (Phi) is 7.47. The number of benzene rings is 4. The van der Waals surface area contributed by atoms with Crippen LogP contribution in [0.25, 0.3) is 0 Å². The van der Waals surface area contributed by atoms with Crippen LogP contribution in [-0.2, 0) is 9.59 Å². The number of ether oxygens (including phenoxy) is 1. The number of anilines is 3. The molecule has 194 valence electrons. The monoisotopic (exact) mass is 535 g/mol. The predicted octanol–water partition coefficient (Wildman–Crippen LogP) is 6.25. The average molecular weight is 536 g/mol. The number of para-hydroxylation sites is 1. The minimum absolute atomic E-state index is 0.217. The molecule has 0 fully saturated rings. The molecule has 0 aliphatic carbocycles. The van der Waals surface area contributed by atoms with Crippen molar-refractivity contribution >= 4 is 46.5 Å². The molecule has 0 saturated carbocycles. The largest absolute Gasteiger partial charge is 0.497 e. The maximum absolute atomic E-state index is 13.5. The third-order valence-corrected chi connectivity index (χ3v) is 7.15. The van der Waals surface area contributed by atoms with Gasteiger partial charge in [0.05, 0.1) is 12.8 Å². The molecule has 0 spiro atoms. The van der Waals surface area contributed by atoms with Crippen LogP contribution < -0.4 is 20.3 Å². The van der Waals surface area contributed by atoms with Gasteiger partial charge in [-0.3, -0.25) is 14.4 Å². The van der Waals surface area contributed by atoms with Gasteiger partial charge in [0, 0.05) is 21.8 Å². The van der Waals surface area contributed by atoms with E-state index in [9.17, 15) is 14.4 Å². The summed E-state index contributed by atoms with van der Waals surface area (Å²) in [6.45, 7) is 1.98. The van der Waals surface area contributed by atoms with Crippen LogP contribution in [0.3, 0.4) is 0 Å². The van der Waals surface area contributed by atoms with Crippen LogP contribution in [0.1, 0.15) is 15.9 Å². The highest BCUT2D eigenvalue weighted by Gasteiger charge is 2.40. The maximum Gasteiger partial charge on any atom is 0.283 e. The molecule has 4 aromatic rings. The first-order chi connectivity index (χ1) is 18.9. The fourth-order valence-electron chi connectivity index (χ4n) is 3.98. The third kappa shape index (κ3) is 5.71. The van der Waals surface area contributed by atoms with Crippen molar-refractivity contribution in [2.45, 2.75) is 11.8 Å². The summed E-state index contributed by atoms with van der Waals surface area (Å²) in [5.74, 6) is -0.398. The van der Waals surface area contributed by atoms with Crippen molar-refractivity contribution in [3.8, 4) is 5.75 Å². The van der Waals surface area contributed by atoms with E-state index in [1.165, 1.54) is 16.7 Å². The lowest BCUT2D eigenvalue weighted by Gasteiger charge is -2.15. The van der Waals surface area contributed by atoms with Crippen molar-refractivity contribution in [2.75, 3.05) is 22.6 Å². The summed E-state index contributed by atoms with van der Waals surface area (Å²) in [6.07, 6.45) is 0. The quantitative estimate of drug-likeness (QED) is 0.260. The van der Waals surface area contributed by atoms with Gasteiger partial charge in [0.1, 0.15) is 16.4 Å². The van der Waals surface area contributed by atoms with Crippen molar-refractivity contribution in [3.63, 3.8) is 0 Å². The molecule has 2 N–H and O–H groups in total. The van der Waals surface area contributed by atoms with E-state index in [1.807, 2.05) is 37.3 Å². The number of carbonyl (C=O) groups is 3. The molecule has 7 nitrogen and oxygen atoms in total. The topological polar surface area (TPSA) is 87.7 Å². The highest BCUT2D eigenvalue weighted by atomic mass is 32.2. The van der Waals surface area contributed by atoms with E-state index in [0.29, 0.717) is 33.3 Å². The molecule has 0 atom stereocenters. The minimum atomic E-state index is -0.419. The molecular weight excluding hydrogens is 510 g/mol. The summed E-state index contributed by atoms with van der Waals surface area (Å²) in [6, 6.07) is 30.4. The second-order valence-corrected chi connectivity index (χ2v) is 9.87. The zero-order chi connectivity index (χ0) is 27.4. The molecule has 0 aromatic heterocycles. The molecule has 0 saturated heterocycles. The number of rotatable bonds is 8. The fourth-order valence-corrected chi connectivity index (χ4v) is 4.90. The molecule has 0 bridgehead atoms. The molecule has 39 heavy (non-hydrogen) atoms. The molecule has 3 amide bonds. The number of imide groups is 1. The first-order valence-corrected chi connectivity index (χ1v) is 13.0. The molecule has 0 unspecified atom stereocenters. The Morgan fingerprint density at radius 3 is 2.05 bits per heavy atom. The summed E-state index contributed by atoms with van der Waals surface area (Å²) in [5.41, 5.74) is 3.62. The standard InChI is InChI=1S/C31H25N3O4S/c1-20-8-12-22(13-9-20)32-27-28(31(37)34(30(27)36)24-6-4-3-5-7-24)39-26-18-14-23(15-19-26)33-29(35)21-10-16-25(38-2)17-11-21/h3-19,32H,1-2H3,(H,33,35). The van der Waals surface area contributed by atoms with Gasteiger partial charge in [0.15, 0.2) is 0 Å². The summed E-state index contributed by atoms with van der Waals surface area (Å²) in [4.78, 5) is 41.8. The van der Waals surface area contributed by atoms with E-state index in [2.05, 4.69) is 10.6 Å². The number of thioether (sulfide) groups is 1. The molecule has 0 radical (unpaired) electrons. The van der Waals surface area contributed by atoms with Crippen molar-refractivity contribution in [3.05, 3.63) is 125 Å². The van der Waals surface area contributed by atoms with Crippen molar-refractivity contribution in [1.82, 2.24) is 0 Å². The predicted molar refractivity (Wildman–Crippen MR) is 154 cm³/mol. The van der Waals surface area contributed by atoms with Crippen LogP contribution in [0.2, 0.25) is 0 Å². The zero-order valence-corrected chi connectivity index (χ0v) is 22.1. The van der Waals surface area contributed by atoms with Crippen LogP contribution in [0.5, 0.6) is 5.75 Å². The Morgan fingerprint density at radius 2 is 1.41 bits per heavy atom. The Balaban J connectivity index is 1.37. The first kappa shape index (κ1) is 25.8. The van der Waals surface area contributed by atoms with Crippen LogP contribution in [0.4, 0.5) is 17.1 Å². The number of amides is 3. The van der Waals surface area contributed by atoms with Crippen molar-refractivity contribution in [2.24, 2.45) is 0 Å². The van der Waals surface area contributed by atoms with Crippen molar-refractivity contribution in [1.29, 1.82) is 0 Å². The van der Waals surface area contributed by atoms with Gasteiger partial charge in [-0.25, -0.2) is 4.90 Å². The minimum Gasteiger partial charge on any atom is -0.497 e. The Labute approximate surface area is 230 Å². The molecule has 1 aliphatic heterocycles. The number of nitrogens with zero attached hydrogens (tertiary/aromatic N) is 1. The lowest BCUT2D eigenvalue weighted by molar-refractivity contribution is -0.120. The highest BCUT2D eigenvalue weighted by Crippen LogP contribution is 2.38. The van der Waals surface area contributed by atoms with Crippen LogP contribution in [-0.4, -0.2) is 24.8 Å². The Hall–Kier alpha value is -4.82. The van der Waals surface area contributed by atoms with Gasteiger partial charge in [-0.1, -0.05) is 47.7 Å². The van der Waals surface area contributed by atoms with Crippen molar-refractivity contribution < 1.29 is 19.1 Å². The molecule has 1 heterocycles. The summed E-state index contributed by atoms with van der Waals surface area (Å²) >= 11 is 1.20. The fraction of sp³-hybridized carbons (Fsp3) is 0.0645. The van der Waals surface area contributed by atoms with E-state index >= 15 is 0 Å². The van der Waals surface area contributed by atoms with Gasteiger partial charge >= 0.3 is 0 Å². The molecule has 1 aliphatic rings. The summed E-state index contributed by atoms with van der Waals surface area (Å²) in [7, 11) is 1.57. The first-order valence-electron chi connectivity index (χ1n) is 12.2. The molecule has 4 aromatic carbocycles. The molecular formula is C31H25N3O4S. The SMILES string of the molecule is COc1ccc(C(=O)Nc2ccc(SC3=C(Nc4ccc(C)cc4)C(=O)N(c4ccccc4)C3=O)cc2)cc1. The number of nitrogens with one attached hydrogen (secondary N) is 2. The van der Waals surface area contributed by atoms with E-state index in [0.717, 1.165) is 10.5 Å². The van der Waals surface area contributed by atoms with Gasteiger partial charge in [-0.2, -0.15) is 0 Å². The van der Waals surface area contributed by atoms with Crippen LogP contribution in [0, 0.1) is 6.92 Å². The number of hydrogen-bond acceptors (Lipinski definition) is 6. The molecule has 5 rings (SSSR count). The van der Waals surface area contributed by atoms with E-state index in [-0.39, 0.29) is 11.6 Å². The number of aryl methyl sites for hydroxylation is 1.